The van der Waals surface area contributed by atoms with Crippen molar-refractivity contribution < 1.29 is 14.3 Å². The fourth-order valence-electron chi connectivity index (χ4n) is 1.98. The van der Waals surface area contributed by atoms with Crippen molar-refractivity contribution in [1.82, 2.24) is 10.2 Å². The van der Waals surface area contributed by atoms with Crippen LogP contribution < -0.4 is 5.32 Å². The topological polar surface area (TPSA) is 108 Å². The summed E-state index contributed by atoms with van der Waals surface area (Å²) in [6.45, 7) is -0.456. The first-order valence-electron chi connectivity index (χ1n) is 6.56. The molecule has 3 rings (SSSR count). The van der Waals surface area contributed by atoms with Crippen LogP contribution in [-0.2, 0) is 9.53 Å². The lowest BCUT2D eigenvalue weighted by molar-refractivity contribution is -0.119. The molecule has 0 saturated heterocycles. The first kappa shape index (κ1) is 14.7. The number of rotatable bonds is 4. The van der Waals surface area contributed by atoms with Gasteiger partial charge < -0.3 is 10.1 Å². The number of nitriles is 1. The van der Waals surface area contributed by atoms with E-state index in [9.17, 15) is 9.59 Å². The van der Waals surface area contributed by atoms with E-state index in [1.165, 1.54) is 11.3 Å². The summed E-state index contributed by atoms with van der Waals surface area (Å²) in [7, 11) is 0. The number of ether oxygens (including phenoxy) is 1. The number of amides is 1. The van der Waals surface area contributed by atoms with E-state index in [0.29, 0.717) is 21.5 Å². The van der Waals surface area contributed by atoms with Crippen LogP contribution in [0.15, 0.2) is 35.7 Å². The van der Waals surface area contributed by atoms with Crippen LogP contribution in [0.1, 0.15) is 16.1 Å². The number of benzene rings is 1. The quantitative estimate of drug-likeness (QED) is 0.715. The molecule has 23 heavy (non-hydrogen) atoms. The van der Waals surface area contributed by atoms with Crippen LogP contribution in [-0.4, -0.2) is 28.7 Å². The molecule has 7 nitrogen and oxygen atoms in total. The molecular formula is C15H10N4O3S. The summed E-state index contributed by atoms with van der Waals surface area (Å²) in [6.07, 6.45) is 0. The van der Waals surface area contributed by atoms with Crippen LogP contribution in [0.5, 0.6) is 0 Å². The number of nitrogens with one attached hydrogen (secondary N) is 2. The maximum absolute atomic E-state index is 12.0. The van der Waals surface area contributed by atoms with Crippen molar-refractivity contribution in [3.8, 4) is 6.07 Å². The Morgan fingerprint density at radius 1 is 1.35 bits per heavy atom. The summed E-state index contributed by atoms with van der Waals surface area (Å²) >= 11 is 1.22. The van der Waals surface area contributed by atoms with Crippen molar-refractivity contribution in [2.24, 2.45) is 0 Å². The molecule has 0 unspecified atom stereocenters. The zero-order valence-corrected chi connectivity index (χ0v) is 12.5. The molecule has 8 heteroatoms. The second-order valence-electron chi connectivity index (χ2n) is 4.52. The van der Waals surface area contributed by atoms with Gasteiger partial charge in [-0.15, -0.1) is 11.3 Å². The van der Waals surface area contributed by atoms with Gasteiger partial charge in [-0.05, 0) is 17.5 Å². The largest absolute Gasteiger partial charge is 0.451 e. The molecule has 2 aromatic heterocycles. The minimum Gasteiger partial charge on any atom is -0.451 e. The number of fused-ring (bicyclic) bond motifs is 1. The Hall–Kier alpha value is -3.18. The predicted molar refractivity (Wildman–Crippen MR) is 84.0 cm³/mol. The molecule has 0 spiro atoms. The average molecular weight is 326 g/mol. The maximum Gasteiger partial charge on any atom is 0.359 e. The fraction of sp³-hybridized carbons (Fsp3) is 0.0667. The first-order valence-corrected chi connectivity index (χ1v) is 7.44. The molecule has 0 bridgehead atoms. The zero-order valence-electron chi connectivity index (χ0n) is 11.7. The highest BCUT2D eigenvalue weighted by atomic mass is 32.1. The number of para-hydroxylation sites is 1. The summed E-state index contributed by atoms with van der Waals surface area (Å²) in [5.41, 5.74) is 1.20. The number of aromatic amines is 1. The molecule has 0 aliphatic heterocycles. The number of hydrogen-bond donors (Lipinski definition) is 2. The molecule has 0 fully saturated rings. The van der Waals surface area contributed by atoms with E-state index in [1.807, 2.05) is 12.1 Å². The number of aromatic nitrogens is 2. The highest BCUT2D eigenvalue weighted by molar-refractivity contribution is 7.14. The van der Waals surface area contributed by atoms with E-state index in [0.717, 1.165) is 0 Å². The highest BCUT2D eigenvalue weighted by Gasteiger charge is 2.17. The Labute approximate surface area is 134 Å². The summed E-state index contributed by atoms with van der Waals surface area (Å²) in [5, 5.41) is 20.8. The number of carbonyl (C=O) groups excluding carboxylic acids is 2. The van der Waals surface area contributed by atoms with Crippen LogP contribution in [0.3, 0.4) is 0 Å². The van der Waals surface area contributed by atoms with Gasteiger partial charge in [0.15, 0.2) is 12.3 Å². The number of carbonyl (C=O) groups is 2. The van der Waals surface area contributed by atoms with Gasteiger partial charge in [0.05, 0.1) is 11.1 Å². The SMILES string of the molecule is N#Cc1ccsc1NC(=O)COC(=O)c1n[nH]c2ccccc12. The number of H-pyrrole nitrogens is 1. The summed E-state index contributed by atoms with van der Waals surface area (Å²) in [5.74, 6) is -1.21. The minimum atomic E-state index is -0.690. The van der Waals surface area contributed by atoms with Crippen LogP contribution >= 0.6 is 11.3 Å². The minimum absolute atomic E-state index is 0.127. The van der Waals surface area contributed by atoms with Crippen LogP contribution in [0.2, 0.25) is 0 Å². The normalized spacial score (nSPS) is 10.2. The molecule has 0 radical (unpaired) electrons. The molecule has 0 saturated carbocycles. The molecule has 114 valence electrons. The van der Waals surface area contributed by atoms with E-state index in [-0.39, 0.29) is 5.69 Å². The molecule has 2 heterocycles. The summed E-state index contributed by atoms with van der Waals surface area (Å²) in [4.78, 5) is 23.8. The van der Waals surface area contributed by atoms with E-state index in [4.69, 9.17) is 10.00 Å². The molecule has 1 aromatic carbocycles. The Morgan fingerprint density at radius 2 is 2.17 bits per heavy atom. The Kier molecular flexibility index (Phi) is 4.03. The molecular weight excluding hydrogens is 316 g/mol. The van der Waals surface area contributed by atoms with Crippen molar-refractivity contribution in [2.45, 2.75) is 0 Å². The lowest BCUT2D eigenvalue weighted by Crippen LogP contribution is -2.21. The molecule has 1 amide bonds. The van der Waals surface area contributed by atoms with Gasteiger partial charge in [0.2, 0.25) is 0 Å². The van der Waals surface area contributed by atoms with Gasteiger partial charge in [-0.3, -0.25) is 9.89 Å². The van der Waals surface area contributed by atoms with Gasteiger partial charge in [0.25, 0.3) is 5.91 Å². The van der Waals surface area contributed by atoms with Crippen molar-refractivity contribution in [3.05, 3.63) is 47.0 Å². The Balaban J connectivity index is 1.63. The van der Waals surface area contributed by atoms with Crippen LogP contribution in [0.4, 0.5) is 5.00 Å². The molecule has 0 aliphatic rings. The van der Waals surface area contributed by atoms with Gasteiger partial charge >= 0.3 is 5.97 Å². The molecule has 0 atom stereocenters. The second-order valence-corrected chi connectivity index (χ2v) is 5.43. The van der Waals surface area contributed by atoms with Crippen molar-refractivity contribution >= 4 is 39.1 Å². The molecule has 3 aromatic rings. The van der Waals surface area contributed by atoms with Gasteiger partial charge in [0.1, 0.15) is 11.1 Å². The van der Waals surface area contributed by atoms with E-state index in [2.05, 4.69) is 15.5 Å². The van der Waals surface area contributed by atoms with Gasteiger partial charge in [-0.1, -0.05) is 18.2 Å². The lowest BCUT2D eigenvalue weighted by atomic mass is 10.2. The van der Waals surface area contributed by atoms with Crippen LogP contribution in [0.25, 0.3) is 10.9 Å². The number of thiophene rings is 1. The van der Waals surface area contributed by atoms with E-state index >= 15 is 0 Å². The smallest absolute Gasteiger partial charge is 0.359 e. The maximum atomic E-state index is 12.0. The molecule has 2 N–H and O–H groups in total. The average Bonchev–Trinajstić information content (AvgIpc) is 3.18. The van der Waals surface area contributed by atoms with E-state index < -0.39 is 18.5 Å². The standard InChI is InChI=1S/C15H10N4O3S/c16-7-9-5-6-23-14(9)17-12(20)8-22-15(21)13-10-3-1-2-4-11(10)18-19-13/h1-6H,8H2,(H,17,20)(H,18,19). The number of nitrogens with zero attached hydrogens (tertiary/aromatic N) is 2. The third-order valence-corrected chi connectivity index (χ3v) is 3.87. The van der Waals surface area contributed by atoms with Crippen molar-refractivity contribution in [3.63, 3.8) is 0 Å². The summed E-state index contributed by atoms with van der Waals surface area (Å²) < 4.78 is 4.97. The Bertz CT molecular complexity index is 922. The van der Waals surface area contributed by atoms with E-state index in [1.54, 1.807) is 29.6 Å². The fourth-order valence-corrected chi connectivity index (χ4v) is 2.73. The molecule has 0 aliphatic carbocycles. The highest BCUT2D eigenvalue weighted by Crippen LogP contribution is 2.22. The van der Waals surface area contributed by atoms with Gasteiger partial charge in [0, 0.05) is 5.39 Å². The van der Waals surface area contributed by atoms with Crippen molar-refractivity contribution in [1.29, 1.82) is 5.26 Å². The monoisotopic (exact) mass is 326 g/mol. The third kappa shape index (κ3) is 3.04. The summed E-state index contributed by atoms with van der Waals surface area (Å²) in [6, 6.07) is 10.7. The Morgan fingerprint density at radius 3 is 3.00 bits per heavy atom. The number of anilines is 1. The van der Waals surface area contributed by atoms with Crippen LogP contribution in [0, 0.1) is 11.3 Å². The van der Waals surface area contributed by atoms with Crippen molar-refractivity contribution in [2.75, 3.05) is 11.9 Å². The zero-order chi connectivity index (χ0) is 16.2. The predicted octanol–water partition coefficient (Wildman–Crippen LogP) is 2.29. The second kappa shape index (κ2) is 6.29. The number of esters is 1. The number of hydrogen-bond acceptors (Lipinski definition) is 6. The third-order valence-electron chi connectivity index (χ3n) is 3.04. The lowest BCUT2D eigenvalue weighted by Gasteiger charge is -2.04. The van der Waals surface area contributed by atoms with Gasteiger partial charge in [-0.25, -0.2) is 4.79 Å². The van der Waals surface area contributed by atoms with Gasteiger partial charge in [-0.2, -0.15) is 10.4 Å². The first-order chi connectivity index (χ1) is 11.2.